The van der Waals surface area contributed by atoms with E-state index >= 15 is 0 Å². The van der Waals surface area contributed by atoms with Gasteiger partial charge < -0.3 is 14.3 Å². The number of hydrogen-bond donors (Lipinski definition) is 1. The van der Waals surface area contributed by atoms with Gasteiger partial charge in [0, 0.05) is 31.1 Å². The Balaban J connectivity index is 1.41. The number of carbonyl (C=O) groups is 1. The van der Waals surface area contributed by atoms with Crippen molar-refractivity contribution in [2.45, 2.75) is 19.4 Å². The summed E-state index contributed by atoms with van der Waals surface area (Å²) in [7, 11) is 0. The number of amides is 1. The number of imidazole rings is 1. The van der Waals surface area contributed by atoms with E-state index in [0.29, 0.717) is 24.6 Å². The summed E-state index contributed by atoms with van der Waals surface area (Å²) in [5, 5.41) is 4.77. The predicted octanol–water partition coefficient (Wildman–Crippen LogP) is 3.20. The lowest BCUT2D eigenvalue weighted by molar-refractivity contribution is 0.0655. The molecule has 1 N–H and O–H groups in total. The lowest BCUT2D eigenvalue weighted by atomic mass is 9.99. The molecule has 1 amide bonds. The van der Waals surface area contributed by atoms with Crippen LogP contribution in [0.2, 0.25) is 0 Å². The average Bonchev–Trinajstić information content (AvgIpc) is 3.58. The Bertz CT molecular complexity index is 1430. The van der Waals surface area contributed by atoms with Crippen LogP contribution in [0.1, 0.15) is 39.2 Å². The number of carbonyl (C=O) groups excluding carboxylic acids is 1. The Morgan fingerprint density at radius 3 is 2.97 bits per heavy atom. The maximum atomic E-state index is 13.5. The Kier molecular flexibility index (Phi) is 4.14. The van der Waals surface area contributed by atoms with E-state index in [0.717, 1.165) is 28.2 Å². The number of aryl methyl sites for hydroxylation is 1. The number of nitrogens with zero attached hydrogens (tertiary/aromatic N) is 6. The maximum Gasteiger partial charge on any atom is 0.292 e. The van der Waals surface area contributed by atoms with Crippen molar-refractivity contribution in [1.82, 2.24) is 34.4 Å². The third kappa shape index (κ3) is 2.89. The van der Waals surface area contributed by atoms with E-state index in [1.807, 2.05) is 48.0 Å². The number of oxazole rings is 1. The van der Waals surface area contributed by atoms with E-state index in [9.17, 15) is 4.79 Å². The van der Waals surface area contributed by atoms with Crippen LogP contribution in [0.5, 0.6) is 0 Å². The van der Waals surface area contributed by atoms with Gasteiger partial charge in [-0.05, 0) is 36.8 Å². The van der Waals surface area contributed by atoms with Crippen molar-refractivity contribution >= 4 is 11.4 Å². The van der Waals surface area contributed by atoms with Gasteiger partial charge in [-0.1, -0.05) is 12.1 Å². The molecule has 0 fully saturated rings. The molecule has 1 atom stereocenters. The molecule has 9 heteroatoms. The standard InChI is InChI=1S/C23H19N7O2/c1-14-5-4-9-30-18(14)11-17(28-30)21-20-15(26-13-27-20)7-10-29(21)23(31)19-12-25-22(32-19)16-6-2-3-8-24-16/h2-6,8-9,11-13,21H,7,10H2,1H3,(H,26,27)/t21-/m0/s1. The molecule has 6 rings (SSSR count). The molecule has 0 bridgehead atoms. The SMILES string of the molecule is Cc1cccn2nc([C@H]3c4nc[nH]c4CCN3C(=O)c3cnc(-c4ccccn4)o3)cc12. The second kappa shape index (κ2) is 7.16. The van der Waals surface area contributed by atoms with Crippen LogP contribution >= 0.6 is 0 Å². The first-order valence-electron chi connectivity index (χ1n) is 10.3. The minimum atomic E-state index is -0.430. The smallest absolute Gasteiger partial charge is 0.292 e. The molecule has 0 aromatic carbocycles. The fourth-order valence-corrected chi connectivity index (χ4v) is 4.23. The van der Waals surface area contributed by atoms with E-state index < -0.39 is 6.04 Å². The van der Waals surface area contributed by atoms with Crippen LogP contribution in [-0.2, 0) is 6.42 Å². The molecule has 0 aliphatic carbocycles. The van der Waals surface area contributed by atoms with E-state index in [1.165, 1.54) is 6.20 Å². The van der Waals surface area contributed by atoms with Gasteiger partial charge in [-0.3, -0.25) is 9.78 Å². The van der Waals surface area contributed by atoms with Gasteiger partial charge in [-0.25, -0.2) is 14.5 Å². The van der Waals surface area contributed by atoms with Crippen molar-refractivity contribution < 1.29 is 9.21 Å². The summed E-state index contributed by atoms with van der Waals surface area (Å²) >= 11 is 0. The summed E-state index contributed by atoms with van der Waals surface area (Å²) in [6.45, 7) is 2.55. The van der Waals surface area contributed by atoms with E-state index in [-0.39, 0.29) is 11.7 Å². The number of fused-ring (bicyclic) bond motifs is 2. The molecule has 0 spiro atoms. The van der Waals surface area contributed by atoms with E-state index in [2.05, 4.69) is 19.9 Å². The first-order valence-corrected chi connectivity index (χ1v) is 10.3. The molecule has 0 radical (unpaired) electrons. The van der Waals surface area contributed by atoms with Crippen LogP contribution in [-0.4, -0.2) is 46.9 Å². The molecular weight excluding hydrogens is 406 g/mol. The number of rotatable bonds is 3. The van der Waals surface area contributed by atoms with Crippen molar-refractivity contribution in [3.63, 3.8) is 0 Å². The highest BCUT2D eigenvalue weighted by Gasteiger charge is 2.37. The van der Waals surface area contributed by atoms with Crippen LogP contribution in [0.4, 0.5) is 0 Å². The molecular formula is C23H19N7O2. The topological polar surface area (TPSA) is 105 Å². The third-order valence-corrected chi connectivity index (χ3v) is 5.80. The number of nitrogens with one attached hydrogen (secondary N) is 1. The van der Waals surface area contributed by atoms with Crippen LogP contribution in [0.25, 0.3) is 17.1 Å². The summed E-state index contributed by atoms with van der Waals surface area (Å²) in [6.07, 6.45) is 7.36. The Hall–Kier alpha value is -4.27. The lowest BCUT2D eigenvalue weighted by Gasteiger charge is -2.33. The van der Waals surface area contributed by atoms with Crippen molar-refractivity contribution in [2.75, 3.05) is 6.54 Å². The quantitative estimate of drug-likeness (QED) is 0.476. The molecule has 5 aromatic heterocycles. The largest absolute Gasteiger partial charge is 0.429 e. The molecule has 1 aliphatic rings. The summed E-state index contributed by atoms with van der Waals surface area (Å²) in [5.41, 5.74) is 5.25. The highest BCUT2D eigenvalue weighted by atomic mass is 16.4. The number of aromatic amines is 1. The summed E-state index contributed by atoms with van der Waals surface area (Å²) in [5.74, 6) is 0.216. The normalized spacial score (nSPS) is 15.8. The lowest BCUT2D eigenvalue weighted by Crippen LogP contribution is -2.40. The molecule has 158 valence electrons. The van der Waals surface area contributed by atoms with Gasteiger partial charge in [-0.15, -0.1) is 0 Å². The molecule has 0 saturated heterocycles. The van der Waals surface area contributed by atoms with Crippen LogP contribution in [0.15, 0.2) is 65.7 Å². The van der Waals surface area contributed by atoms with Gasteiger partial charge in [0.05, 0.1) is 29.4 Å². The first kappa shape index (κ1) is 18.5. The van der Waals surface area contributed by atoms with Gasteiger partial charge in [0.1, 0.15) is 11.7 Å². The Morgan fingerprint density at radius 1 is 1.19 bits per heavy atom. The zero-order chi connectivity index (χ0) is 21.7. The molecule has 1 aliphatic heterocycles. The van der Waals surface area contributed by atoms with Gasteiger partial charge in [-0.2, -0.15) is 5.10 Å². The molecule has 0 unspecified atom stereocenters. The minimum Gasteiger partial charge on any atom is -0.429 e. The first-order chi connectivity index (χ1) is 15.7. The third-order valence-electron chi connectivity index (χ3n) is 5.80. The molecule has 9 nitrogen and oxygen atoms in total. The van der Waals surface area contributed by atoms with Gasteiger partial charge in [0.25, 0.3) is 5.91 Å². The van der Waals surface area contributed by atoms with Crippen molar-refractivity contribution in [2.24, 2.45) is 0 Å². The molecule has 0 saturated carbocycles. The summed E-state index contributed by atoms with van der Waals surface area (Å²) < 4.78 is 7.63. The molecule has 32 heavy (non-hydrogen) atoms. The average molecular weight is 425 g/mol. The van der Waals surface area contributed by atoms with E-state index in [1.54, 1.807) is 23.5 Å². The fourth-order valence-electron chi connectivity index (χ4n) is 4.23. The summed E-state index contributed by atoms with van der Waals surface area (Å²) in [4.78, 5) is 31.5. The van der Waals surface area contributed by atoms with Crippen molar-refractivity contribution in [1.29, 1.82) is 0 Å². The number of hydrogen-bond acceptors (Lipinski definition) is 6. The van der Waals surface area contributed by atoms with Crippen LogP contribution < -0.4 is 0 Å². The van der Waals surface area contributed by atoms with Gasteiger partial charge in [0.15, 0.2) is 0 Å². The number of H-pyrrole nitrogens is 1. The predicted molar refractivity (Wildman–Crippen MR) is 115 cm³/mol. The fraction of sp³-hybridized carbons (Fsp3) is 0.174. The van der Waals surface area contributed by atoms with Crippen molar-refractivity contribution in [3.05, 3.63) is 89.7 Å². The zero-order valence-corrected chi connectivity index (χ0v) is 17.3. The second-order valence-electron chi connectivity index (χ2n) is 7.75. The monoisotopic (exact) mass is 425 g/mol. The van der Waals surface area contributed by atoms with Crippen LogP contribution in [0, 0.1) is 6.92 Å². The van der Waals surface area contributed by atoms with Crippen LogP contribution in [0.3, 0.4) is 0 Å². The number of aromatic nitrogens is 6. The van der Waals surface area contributed by atoms with Gasteiger partial charge in [0.2, 0.25) is 11.7 Å². The minimum absolute atomic E-state index is 0.162. The molecule has 6 heterocycles. The highest BCUT2D eigenvalue weighted by Crippen LogP contribution is 2.35. The molecule has 5 aromatic rings. The highest BCUT2D eigenvalue weighted by molar-refractivity contribution is 5.92. The summed E-state index contributed by atoms with van der Waals surface area (Å²) in [6, 6.07) is 11.0. The Labute approximate surface area is 182 Å². The zero-order valence-electron chi connectivity index (χ0n) is 17.3. The van der Waals surface area contributed by atoms with Crippen molar-refractivity contribution in [3.8, 4) is 11.6 Å². The Morgan fingerprint density at radius 2 is 2.12 bits per heavy atom. The second-order valence-corrected chi connectivity index (χ2v) is 7.75. The number of pyridine rings is 2. The van der Waals surface area contributed by atoms with E-state index in [4.69, 9.17) is 9.52 Å². The van der Waals surface area contributed by atoms with Gasteiger partial charge >= 0.3 is 0 Å². The maximum absolute atomic E-state index is 13.5.